The molecule has 0 saturated heterocycles. The van der Waals surface area contributed by atoms with Crippen molar-refractivity contribution in [3.63, 3.8) is 0 Å². The third-order valence-electron chi connectivity index (χ3n) is 5.60. The molecule has 5 nitrogen and oxygen atoms in total. The third kappa shape index (κ3) is 3.50. The Bertz CT molecular complexity index is 1230. The standard InChI is InChI=1S/C24H21F2N3O2/c1-30-17-9-5-14(6-10-17)20-13-19(23(25)26)21-22(15-3-4-15)28-29(24(21)27-20)16-7-11-18(31-2)12-8-16/h5-13,15,23H,3-4H2,1-2H3. The number of alkyl halides is 2. The molecule has 1 aliphatic carbocycles. The highest BCUT2D eigenvalue weighted by atomic mass is 19.3. The number of pyridine rings is 1. The molecular weight excluding hydrogens is 400 g/mol. The molecule has 0 aliphatic heterocycles. The first-order valence-electron chi connectivity index (χ1n) is 10.1. The van der Waals surface area contributed by atoms with Gasteiger partial charge in [-0.3, -0.25) is 0 Å². The van der Waals surface area contributed by atoms with E-state index in [0.717, 1.165) is 24.1 Å². The van der Waals surface area contributed by atoms with Crippen LogP contribution in [-0.4, -0.2) is 29.0 Å². The fourth-order valence-electron chi connectivity index (χ4n) is 3.80. The lowest BCUT2D eigenvalue weighted by molar-refractivity contribution is 0.153. The molecule has 2 aromatic carbocycles. The Kier molecular flexibility index (Phi) is 4.81. The number of hydrogen-bond donors (Lipinski definition) is 0. The predicted molar refractivity (Wildman–Crippen MR) is 114 cm³/mol. The number of halogens is 2. The summed E-state index contributed by atoms with van der Waals surface area (Å²) in [5.41, 5.74) is 3.07. The maximum absolute atomic E-state index is 14.2. The van der Waals surface area contributed by atoms with Crippen LogP contribution in [0.3, 0.4) is 0 Å². The number of nitrogens with zero attached hydrogens (tertiary/aromatic N) is 3. The van der Waals surface area contributed by atoms with Gasteiger partial charge in [0.25, 0.3) is 6.43 Å². The normalized spacial score (nSPS) is 13.7. The van der Waals surface area contributed by atoms with Gasteiger partial charge in [0.2, 0.25) is 0 Å². The first-order valence-corrected chi connectivity index (χ1v) is 10.1. The van der Waals surface area contributed by atoms with Crippen molar-refractivity contribution in [2.24, 2.45) is 0 Å². The minimum Gasteiger partial charge on any atom is -0.497 e. The molecular formula is C24H21F2N3O2. The Labute approximate surface area is 178 Å². The van der Waals surface area contributed by atoms with Crippen molar-refractivity contribution >= 4 is 11.0 Å². The fraction of sp³-hybridized carbons (Fsp3) is 0.250. The second-order valence-corrected chi connectivity index (χ2v) is 7.59. The van der Waals surface area contributed by atoms with Gasteiger partial charge in [0.15, 0.2) is 5.65 Å². The lowest BCUT2D eigenvalue weighted by atomic mass is 10.0. The molecule has 0 N–H and O–H groups in total. The SMILES string of the molecule is COc1ccc(-c2cc(C(F)F)c3c(C4CC4)nn(-c4ccc(OC)cc4)c3n2)cc1. The molecule has 0 unspecified atom stereocenters. The van der Waals surface area contributed by atoms with Crippen LogP contribution in [0.25, 0.3) is 28.0 Å². The van der Waals surface area contributed by atoms with Crippen LogP contribution in [0.15, 0.2) is 54.6 Å². The summed E-state index contributed by atoms with van der Waals surface area (Å²) in [7, 11) is 3.18. The molecule has 5 rings (SSSR count). The van der Waals surface area contributed by atoms with E-state index in [2.05, 4.69) is 0 Å². The van der Waals surface area contributed by atoms with Crippen molar-refractivity contribution < 1.29 is 18.3 Å². The summed E-state index contributed by atoms with van der Waals surface area (Å²) >= 11 is 0. The van der Waals surface area contributed by atoms with Crippen molar-refractivity contribution in [1.82, 2.24) is 14.8 Å². The van der Waals surface area contributed by atoms with Gasteiger partial charge in [-0.25, -0.2) is 18.4 Å². The third-order valence-corrected chi connectivity index (χ3v) is 5.60. The fourth-order valence-corrected chi connectivity index (χ4v) is 3.80. The van der Waals surface area contributed by atoms with E-state index in [-0.39, 0.29) is 11.5 Å². The molecule has 7 heteroatoms. The van der Waals surface area contributed by atoms with Crippen molar-refractivity contribution in [2.45, 2.75) is 25.2 Å². The summed E-state index contributed by atoms with van der Waals surface area (Å²) in [4.78, 5) is 4.79. The van der Waals surface area contributed by atoms with Crippen LogP contribution in [0.1, 0.15) is 36.4 Å². The molecule has 158 valence electrons. The molecule has 31 heavy (non-hydrogen) atoms. The van der Waals surface area contributed by atoms with E-state index in [1.54, 1.807) is 31.0 Å². The molecule has 0 atom stereocenters. The van der Waals surface area contributed by atoms with Crippen molar-refractivity contribution in [3.8, 4) is 28.4 Å². The number of methoxy groups -OCH3 is 2. The Morgan fingerprint density at radius 3 is 2.10 bits per heavy atom. The number of benzene rings is 2. The van der Waals surface area contributed by atoms with Crippen molar-refractivity contribution in [1.29, 1.82) is 0 Å². The topological polar surface area (TPSA) is 49.2 Å². The second-order valence-electron chi connectivity index (χ2n) is 7.59. The molecule has 2 aromatic heterocycles. The largest absolute Gasteiger partial charge is 0.497 e. The van der Waals surface area contributed by atoms with E-state index in [0.29, 0.717) is 33.9 Å². The van der Waals surface area contributed by atoms with Gasteiger partial charge in [-0.15, -0.1) is 0 Å². The minimum atomic E-state index is -2.63. The van der Waals surface area contributed by atoms with Gasteiger partial charge in [-0.2, -0.15) is 5.10 Å². The quantitative estimate of drug-likeness (QED) is 0.388. The van der Waals surface area contributed by atoms with Gasteiger partial charge >= 0.3 is 0 Å². The molecule has 1 saturated carbocycles. The lowest BCUT2D eigenvalue weighted by Crippen LogP contribution is -2.00. The second kappa shape index (κ2) is 7.65. The van der Waals surface area contributed by atoms with Gasteiger partial charge < -0.3 is 9.47 Å². The smallest absolute Gasteiger partial charge is 0.264 e. The van der Waals surface area contributed by atoms with Gasteiger partial charge in [0.1, 0.15) is 11.5 Å². The predicted octanol–water partition coefficient (Wildman–Crippen LogP) is 5.92. The summed E-state index contributed by atoms with van der Waals surface area (Å²) in [5.74, 6) is 1.61. The number of aromatic nitrogens is 3. The maximum atomic E-state index is 14.2. The van der Waals surface area contributed by atoms with Crippen LogP contribution in [0.2, 0.25) is 0 Å². The summed E-state index contributed by atoms with van der Waals surface area (Å²) < 4.78 is 40.5. The summed E-state index contributed by atoms with van der Waals surface area (Å²) in [6.07, 6.45) is -0.719. The molecule has 1 aliphatic rings. The van der Waals surface area contributed by atoms with Gasteiger partial charge in [0.05, 0.1) is 36.7 Å². The van der Waals surface area contributed by atoms with E-state index in [1.807, 2.05) is 36.4 Å². The summed E-state index contributed by atoms with van der Waals surface area (Å²) in [6.45, 7) is 0. The van der Waals surface area contributed by atoms with Crippen molar-refractivity contribution in [3.05, 3.63) is 65.9 Å². The molecule has 0 amide bonds. The number of rotatable bonds is 6. The van der Waals surface area contributed by atoms with Gasteiger partial charge in [0, 0.05) is 17.0 Å². The first kappa shape index (κ1) is 19.5. The van der Waals surface area contributed by atoms with Crippen LogP contribution in [0.4, 0.5) is 8.78 Å². The van der Waals surface area contributed by atoms with Crippen LogP contribution in [0.5, 0.6) is 11.5 Å². The summed E-state index contributed by atoms with van der Waals surface area (Å²) in [6, 6.07) is 16.1. The molecule has 0 radical (unpaired) electrons. The van der Waals surface area contributed by atoms with E-state index in [9.17, 15) is 8.78 Å². The summed E-state index contributed by atoms with van der Waals surface area (Å²) in [5, 5.41) is 5.21. The van der Waals surface area contributed by atoms with Crippen LogP contribution in [0, 0.1) is 0 Å². The van der Waals surface area contributed by atoms with Gasteiger partial charge in [-0.1, -0.05) is 0 Å². The molecule has 4 aromatic rings. The zero-order valence-electron chi connectivity index (χ0n) is 17.2. The lowest BCUT2D eigenvalue weighted by Gasteiger charge is -2.10. The molecule has 0 spiro atoms. The Morgan fingerprint density at radius 2 is 1.55 bits per heavy atom. The minimum absolute atomic E-state index is 0.0301. The Morgan fingerprint density at radius 1 is 0.935 bits per heavy atom. The van der Waals surface area contributed by atoms with Crippen LogP contribution < -0.4 is 9.47 Å². The molecule has 1 fully saturated rings. The molecule has 2 heterocycles. The average Bonchev–Trinajstić information content (AvgIpc) is 3.58. The van der Waals surface area contributed by atoms with Crippen LogP contribution >= 0.6 is 0 Å². The van der Waals surface area contributed by atoms with Crippen molar-refractivity contribution in [2.75, 3.05) is 14.2 Å². The maximum Gasteiger partial charge on any atom is 0.264 e. The van der Waals surface area contributed by atoms with E-state index in [4.69, 9.17) is 19.6 Å². The molecule has 0 bridgehead atoms. The van der Waals surface area contributed by atoms with Crippen LogP contribution in [-0.2, 0) is 0 Å². The Hall–Kier alpha value is -3.48. The average molecular weight is 421 g/mol. The van der Waals surface area contributed by atoms with E-state index < -0.39 is 6.43 Å². The van der Waals surface area contributed by atoms with E-state index >= 15 is 0 Å². The number of fused-ring (bicyclic) bond motifs is 1. The zero-order chi connectivity index (χ0) is 21.5. The zero-order valence-corrected chi connectivity index (χ0v) is 17.2. The first-order chi connectivity index (χ1) is 15.1. The highest BCUT2D eigenvalue weighted by Crippen LogP contribution is 2.45. The number of hydrogen-bond acceptors (Lipinski definition) is 4. The Balaban J connectivity index is 1.75. The highest BCUT2D eigenvalue weighted by Gasteiger charge is 2.33. The monoisotopic (exact) mass is 421 g/mol. The van der Waals surface area contributed by atoms with Gasteiger partial charge in [-0.05, 0) is 67.4 Å². The highest BCUT2D eigenvalue weighted by molar-refractivity contribution is 5.87. The number of ether oxygens (including phenoxy) is 2. The van der Waals surface area contributed by atoms with E-state index in [1.165, 1.54) is 6.07 Å².